The lowest BCUT2D eigenvalue weighted by Crippen LogP contribution is -2.39. The van der Waals surface area contributed by atoms with Crippen LogP contribution in [0.2, 0.25) is 0 Å². The number of ether oxygens (including phenoxy) is 2. The van der Waals surface area contributed by atoms with Crippen LogP contribution in [0.1, 0.15) is 23.4 Å². The average molecular weight is 486 g/mol. The summed E-state index contributed by atoms with van der Waals surface area (Å²) in [5.41, 5.74) is 0.891. The van der Waals surface area contributed by atoms with Crippen LogP contribution in [0.4, 0.5) is 5.69 Å². The summed E-state index contributed by atoms with van der Waals surface area (Å²) in [5, 5.41) is 13.0. The molecular weight excluding hydrogens is 466 g/mol. The smallest absolute Gasteiger partial charge is 0.338 e. The van der Waals surface area contributed by atoms with E-state index in [1.807, 2.05) is 17.5 Å². The van der Waals surface area contributed by atoms with Gasteiger partial charge in [-0.1, -0.05) is 29.5 Å². The Morgan fingerprint density at radius 2 is 2.12 bits per heavy atom. The normalized spacial score (nSPS) is 15.8. The standard InChI is InChI=1S/C22H19N3O6S2/c1-13-18(21(27)31-9-8-30-2)19(16-7-4-10-32-16)24-20(26)17(33-22(24)23-13)12-14-5-3-6-15(11-14)25(28)29/h3-7,10-12,19H,8-9H2,1-2H3/b17-12+/t19-/m1/s1. The molecule has 0 saturated carbocycles. The molecule has 1 aliphatic heterocycles. The summed E-state index contributed by atoms with van der Waals surface area (Å²) in [7, 11) is 1.51. The van der Waals surface area contributed by atoms with E-state index in [4.69, 9.17) is 9.47 Å². The summed E-state index contributed by atoms with van der Waals surface area (Å²) in [4.78, 5) is 42.7. The molecule has 1 aromatic carbocycles. The van der Waals surface area contributed by atoms with Crippen molar-refractivity contribution in [2.45, 2.75) is 13.0 Å². The average Bonchev–Trinajstić information content (AvgIpc) is 3.42. The Balaban J connectivity index is 1.85. The first-order chi connectivity index (χ1) is 15.9. The number of aromatic nitrogens is 1. The second-order valence-corrected chi connectivity index (χ2v) is 9.07. The number of carbonyl (C=O) groups excluding carboxylic acids is 1. The second-order valence-electron chi connectivity index (χ2n) is 7.08. The molecule has 170 valence electrons. The minimum Gasteiger partial charge on any atom is -0.460 e. The van der Waals surface area contributed by atoms with Crippen LogP contribution in [0.15, 0.2) is 62.8 Å². The highest BCUT2D eigenvalue weighted by atomic mass is 32.1. The maximum absolute atomic E-state index is 13.4. The van der Waals surface area contributed by atoms with Gasteiger partial charge in [0, 0.05) is 24.1 Å². The van der Waals surface area contributed by atoms with Crippen molar-refractivity contribution < 1.29 is 19.2 Å². The molecule has 0 aliphatic carbocycles. The van der Waals surface area contributed by atoms with E-state index in [1.165, 1.54) is 46.5 Å². The number of thiazole rings is 1. The summed E-state index contributed by atoms with van der Waals surface area (Å²) in [6.07, 6.45) is 1.60. The summed E-state index contributed by atoms with van der Waals surface area (Å²) in [5.74, 6) is -0.556. The van der Waals surface area contributed by atoms with Crippen molar-refractivity contribution in [3.8, 4) is 0 Å². The number of rotatable bonds is 7. The van der Waals surface area contributed by atoms with Crippen LogP contribution < -0.4 is 14.9 Å². The predicted octanol–water partition coefficient (Wildman–Crippen LogP) is 2.39. The van der Waals surface area contributed by atoms with Gasteiger partial charge in [0.25, 0.3) is 11.2 Å². The Bertz CT molecular complexity index is 1420. The van der Waals surface area contributed by atoms with Crippen molar-refractivity contribution in [3.05, 3.63) is 93.3 Å². The van der Waals surface area contributed by atoms with Crippen LogP contribution in [-0.2, 0) is 14.3 Å². The summed E-state index contributed by atoms with van der Waals surface area (Å²) >= 11 is 2.59. The van der Waals surface area contributed by atoms with Crippen LogP contribution in [0.3, 0.4) is 0 Å². The number of hydrogen-bond donors (Lipinski definition) is 0. The molecule has 11 heteroatoms. The molecule has 0 bridgehead atoms. The van der Waals surface area contributed by atoms with Crippen molar-refractivity contribution in [2.24, 2.45) is 4.99 Å². The van der Waals surface area contributed by atoms with Crippen LogP contribution in [0.25, 0.3) is 6.08 Å². The van der Waals surface area contributed by atoms with Gasteiger partial charge < -0.3 is 9.47 Å². The van der Waals surface area contributed by atoms with E-state index in [0.29, 0.717) is 26.2 Å². The number of methoxy groups -OCH3 is 1. The summed E-state index contributed by atoms with van der Waals surface area (Å²) in [6.45, 7) is 2.05. The van der Waals surface area contributed by atoms with Gasteiger partial charge in [0.15, 0.2) is 4.80 Å². The van der Waals surface area contributed by atoms with Crippen LogP contribution in [0.5, 0.6) is 0 Å². The minimum absolute atomic E-state index is 0.0649. The summed E-state index contributed by atoms with van der Waals surface area (Å²) < 4.78 is 12.1. The first-order valence-electron chi connectivity index (χ1n) is 9.87. The number of benzene rings is 1. The Labute approximate surface area is 195 Å². The van der Waals surface area contributed by atoms with Gasteiger partial charge in [-0.2, -0.15) is 0 Å². The Morgan fingerprint density at radius 3 is 2.82 bits per heavy atom. The molecule has 1 atom stereocenters. The second kappa shape index (κ2) is 9.61. The molecule has 0 fully saturated rings. The van der Waals surface area contributed by atoms with E-state index < -0.39 is 16.9 Å². The van der Waals surface area contributed by atoms with E-state index >= 15 is 0 Å². The molecule has 0 N–H and O–H groups in total. The Hall–Kier alpha value is -3.41. The topological polar surface area (TPSA) is 113 Å². The fraction of sp³-hybridized carbons (Fsp3) is 0.227. The molecule has 4 rings (SSSR count). The number of allylic oxidation sites excluding steroid dienone is 1. The number of nitrogens with zero attached hydrogens (tertiary/aromatic N) is 3. The number of hydrogen-bond acceptors (Lipinski definition) is 9. The predicted molar refractivity (Wildman–Crippen MR) is 124 cm³/mol. The highest BCUT2D eigenvalue weighted by molar-refractivity contribution is 7.10. The van der Waals surface area contributed by atoms with Gasteiger partial charge in [0.05, 0.1) is 27.3 Å². The zero-order chi connectivity index (χ0) is 23.5. The minimum atomic E-state index is -0.677. The van der Waals surface area contributed by atoms with Crippen LogP contribution in [0, 0.1) is 10.1 Å². The van der Waals surface area contributed by atoms with Gasteiger partial charge in [-0.3, -0.25) is 19.5 Å². The van der Waals surface area contributed by atoms with Gasteiger partial charge in [0.2, 0.25) is 0 Å². The number of nitro benzene ring substituents is 1. The first-order valence-corrected chi connectivity index (χ1v) is 11.6. The lowest BCUT2D eigenvalue weighted by atomic mass is 10.0. The Kier molecular flexibility index (Phi) is 6.63. The molecule has 2 aromatic heterocycles. The lowest BCUT2D eigenvalue weighted by molar-refractivity contribution is -0.384. The Morgan fingerprint density at radius 1 is 1.30 bits per heavy atom. The van der Waals surface area contributed by atoms with Gasteiger partial charge in [-0.05, 0) is 30.0 Å². The zero-order valence-corrected chi connectivity index (χ0v) is 19.4. The third kappa shape index (κ3) is 4.56. The molecular formula is C22H19N3O6S2. The van der Waals surface area contributed by atoms with Crippen molar-refractivity contribution in [2.75, 3.05) is 20.3 Å². The SMILES string of the molecule is COCCOC(=O)C1=C(C)N=c2s/c(=C/c3cccc([N+](=O)[O-])c3)c(=O)n2[C@@H]1c1cccs1. The highest BCUT2D eigenvalue weighted by Crippen LogP contribution is 2.33. The molecule has 0 spiro atoms. The van der Waals surface area contributed by atoms with Crippen LogP contribution >= 0.6 is 22.7 Å². The first kappa shape index (κ1) is 22.8. The molecule has 0 unspecified atom stereocenters. The monoisotopic (exact) mass is 485 g/mol. The number of non-ortho nitro benzene ring substituents is 1. The van der Waals surface area contributed by atoms with E-state index in [-0.39, 0.29) is 24.5 Å². The van der Waals surface area contributed by atoms with Crippen molar-refractivity contribution in [1.82, 2.24) is 4.57 Å². The van der Waals surface area contributed by atoms with Gasteiger partial charge in [-0.15, -0.1) is 11.3 Å². The maximum Gasteiger partial charge on any atom is 0.338 e. The van der Waals surface area contributed by atoms with Crippen molar-refractivity contribution >= 4 is 40.4 Å². The molecule has 9 nitrogen and oxygen atoms in total. The van der Waals surface area contributed by atoms with E-state index in [2.05, 4.69) is 4.99 Å². The summed E-state index contributed by atoms with van der Waals surface area (Å²) in [6, 6.07) is 9.07. The number of nitro groups is 1. The zero-order valence-electron chi connectivity index (χ0n) is 17.7. The fourth-order valence-electron chi connectivity index (χ4n) is 3.47. The van der Waals surface area contributed by atoms with E-state index in [1.54, 1.807) is 25.1 Å². The highest BCUT2D eigenvalue weighted by Gasteiger charge is 2.34. The quantitative estimate of drug-likeness (QED) is 0.220. The third-order valence-electron chi connectivity index (χ3n) is 4.95. The van der Waals surface area contributed by atoms with Crippen molar-refractivity contribution in [1.29, 1.82) is 0 Å². The molecule has 0 radical (unpaired) electrons. The van der Waals surface area contributed by atoms with E-state index in [0.717, 1.165) is 4.88 Å². The van der Waals surface area contributed by atoms with Gasteiger partial charge in [-0.25, -0.2) is 9.79 Å². The number of carbonyl (C=O) groups is 1. The number of esters is 1. The van der Waals surface area contributed by atoms with Gasteiger partial charge >= 0.3 is 5.97 Å². The molecule has 0 saturated heterocycles. The van der Waals surface area contributed by atoms with Gasteiger partial charge in [0.1, 0.15) is 12.6 Å². The van der Waals surface area contributed by atoms with Crippen molar-refractivity contribution in [3.63, 3.8) is 0 Å². The molecule has 1 aliphatic rings. The van der Waals surface area contributed by atoms with Crippen LogP contribution in [-0.4, -0.2) is 35.8 Å². The molecule has 0 amide bonds. The number of fused-ring (bicyclic) bond motifs is 1. The number of thiophene rings is 1. The molecule has 3 aromatic rings. The third-order valence-corrected chi connectivity index (χ3v) is 6.86. The fourth-order valence-corrected chi connectivity index (χ4v) is 5.34. The maximum atomic E-state index is 13.4. The lowest BCUT2D eigenvalue weighted by Gasteiger charge is -2.23. The largest absolute Gasteiger partial charge is 0.460 e. The van der Waals surface area contributed by atoms with E-state index in [9.17, 15) is 19.7 Å². The molecule has 33 heavy (non-hydrogen) atoms. The molecule has 3 heterocycles.